The average Bonchev–Trinajstić information content (AvgIpc) is 2.00. The van der Waals surface area contributed by atoms with Crippen LogP contribution in [0.2, 0.25) is 0 Å². The van der Waals surface area contributed by atoms with Crippen LogP contribution >= 0.6 is 0 Å². The first kappa shape index (κ1) is 9.74. The lowest BCUT2D eigenvalue weighted by atomic mass is 10.2. The minimum Gasteiger partial charge on any atom is -0.469 e. The van der Waals surface area contributed by atoms with Crippen molar-refractivity contribution < 1.29 is 14.6 Å². The molecule has 0 aromatic rings. The SMILES string of the molecule is COC(=O)C[C@@H](O)CN=[N+]=[N-]. The highest BCUT2D eigenvalue weighted by molar-refractivity contribution is 5.69. The van der Waals surface area contributed by atoms with E-state index >= 15 is 0 Å². The molecule has 0 spiro atoms. The zero-order chi connectivity index (χ0) is 8.69. The van der Waals surface area contributed by atoms with Crippen molar-refractivity contribution in [2.75, 3.05) is 13.7 Å². The number of carbonyl (C=O) groups excluding carboxylic acids is 1. The molecule has 0 aliphatic rings. The number of hydrogen-bond acceptors (Lipinski definition) is 4. The van der Waals surface area contributed by atoms with E-state index < -0.39 is 12.1 Å². The van der Waals surface area contributed by atoms with E-state index in [0.29, 0.717) is 0 Å². The maximum absolute atomic E-state index is 10.5. The molecule has 0 fully saturated rings. The molecule has 11 heavy (non-hydrogen) atoms. The van der Waals surface area contributed by atoms with E-state index in [0.717, 1.165) is 0 Å². The summed E-state index contributed by atoms with van der Waals surface area (Å²) in [6.07, 6.45) is -1.09. The second-order valence-electron chi connectivity index (χ2n) is 1.85. The van der Waals surface area contributed by atoms with Gasteiger partial charge in [0.1, 0.15) is 0 Å². The number of methoxy groups -OCH3 is 1. The Bertz CT molecular complexity index is 176. The lowest BCUT2D eigenvalue weighted by Gasteiger charge is -2.03. The van der Waals surface area contributed by atoms with Gasteiger partial charge in [-0.2, -0.15) is 0 Å². The fourth-order valence-electron chi connectivity index (χ4n) is 0.471. The van der Waals surface area contributed by atoms with Crippen LogP contribution < -0.4 is 0 Å². The van der Waals surface area contributed by atoms with Crippen molar-refractivity contribution in [3.63, 3.8) is 0 Å². The maximum Gasteiger partial charge on any atom is 0.308 e. The Balaban J connectivity index is 3.59. The molecule has 0 aromatic carbocycles. The third kappa shape index (κ3) is 5.20. The van der Waals surface area contributed by atoms with Gasteiger partial charge in [-0.3, -0.25) is 4.79 Å². The summed E-state index contributed by atoms with van der Waals surface area (Å²) in [5.41, 5.74) is 7.84. The number of carbonyl (C=O) groups is 1. The van der Waals surface area contributed by atoms with E-state index in [-0.39, 0.29) is 13.0 Å². The van der Waals surface area contributed by atoms with Gasteiger partial charge >= 0.3 is 5.97 Å². The van der Waals surface area contributed by atoms with Gasteiger partial charge in [0.25, 0.3) is 0 Å². The summed E-state index contributed by atoms with van der Waals surface area (Å²) in [4.78, 5) is 12.9. The van der Waals surface area contributed by atoms with Crippen LogP contribution in [0.3, 0.4) is 0 Å². The monoisotopic (exact) mass is 159 g/mol. The molecule has 0 rings (SSSR count). The second-order valence-corrected chi connectivity index (χ2v) is 1.85. The number of nitrogens with zero attached hydrogens (tertiary/aromatic N) is 3. The Labute approximate surface area is 63.4 Å². The quantitative estimate of drug-likeness (QED) is 0.275. The maximum atomic E-state index is 10.5. The van der Waals surface area contributed by atoms with E-state index in [1.54, 1.807) is 0 Å². The van der Waals surface area contributed by atoms with Crippen LogP contribution in [-0.2, 0) is 9.53 Å². The molecule has 0 radical (unpaired) electrons. The Morgan fingerprint density at radius 2 is 2.55 bits per heavy atom. The van der Waals surface area contributed by atoms with Crippen LogP contribution in [0.1, 0.15) is 6.42 Å². The highest BCUT2D eigenvalue weighted by atomic mass is 16.5. The number of hydrogen-bond donors (Lipinski definition) is 1. The Morgan fingerprint density at radius 1 is 1.91 bits per heavy atom. The van der Waals surface area contributed by atoms with Crippen molar-refractivity contribution in [1.29, 1.82) is 0 Å². The van der Waals surface area contributed by atoms with Crippen molar-refractivity contribution >= 4 is 5.97 Å². The van der Waals surface area contributed by atoms with Crippen LogP contribution in [0.25, 0.3) is 10.4 Å². The lowest BCUT2D eigenvalue weighted by Crippen LogP contribution is -2.16. The standard InChI is InChI=1S/C5H9N3O3/c1-11-5(10)2-4(9)3-7-8-6/h4,9H,2-3H2,1H3/t4-/m1/s1. The summed E-state index contributed by atoms with van der Waals surface area (Å²) in [7, 11) is 1.22. The first-order valence-corrected chi connectivity index (χ1v) is 2.96. The average molecular weight is 159 g/mol. The van der Waals surface area contributed by atoms with E-state index in [1.165, 1.54) is 7.11 Å². The van der Waals surface area contributed by atoms with Crippen LogP contribution in [0.4, 0.5) is 0 Å². The van der Waals surface area contributed by atoms with Gasteiger partial charge in [-0.1, -0.05) is 5.11 Å². The van der Waals surface area contributed by atoms with Crippen molar-refractivity contribution in [1.82, 2.24) is 0 Å². The fourth-order valence-corrected chi connectivity index (χ4v) is 0.471. The van der Waals surface area contributed by atoms with Crippen molar-refractivity contribution in [3.05, 3.63) is 10.4 Å². The molecule has 0 aromatic heterocycles. The summed E-state index contributed by atoms with van der Waals surface area (Å²) in [5, 5.41) is 12.0. The highest BCUT2D eigenvalue weighted by Crippen LogP contribution is 1.94. The fraction of sp³-hybridized carbons (Fsp3) is 0.800. The topological polar surface area (TPSA) is 95.3 Å². The summed E-state index contributed by atoms with van der Waals surface area (Å²) < 4.78 is 4.27. The molecule has 0 unspecified atom stereocenters. The second kappa shape index (κ2) is 5.52. The molecular weight excluding hydrogens is 150 g/mol. The Kier molecular flexibility index (Phi) is 4.89. The van der Waals surface area contributed by atoms with Crippen LogP contribution in [-0.4, -0.2) is 30.8 Å². The summed E-state index contributed by atoms with van der Waals surface area (Å²) in [6, 6.07) is 0. The van der Waals surface area contributed by atoms with Gasteiger partial charge in [0.2, 0.25) is 0 Å². The first-order chi connectivity index (χ1) is 5.20. The summed E-state index contributed by atoms with van der Waals surface area (Å²) >= 11 is 0. The molecule has 0 amide bonds. The first-order valence-electron chi connectivity index (χ1n) is 2.96. The normalized spacial score (nSPS) is 11.5. The van der Waals surface area contributed by atoms with E-state index in [9.17, 15) is 4.79 Å². The predicted octanol–water partition coefficient (Wildman–Crippen LogP) is 0.221. The summed E-state index contributed by atoms with van der Waals surface area (Å²) in [6.45, 7) is -0.106. The van der Waals surface area contributed by atoms with Gasteiger partial charge in [-0.25, -0.2) is 0 Å². The highest BCUT2D eigenvalue weighted by Gasteiger charge is 2.08. The van der Waals surface area contributed by atoms with Crippen LogP contribution in [0, 0.1) is 0 Å². The number of azide groups is 1. The van der Waals surface area contributed by atoms with Gasteiger partial charge < -0.3 is 9.84 Å². The lowest BCUT2D eigenvalue weighted by molar-refractivity contribution is -0.142. The van der Waals surface area contributed by atoms with Crippen molar-refractivity contribution in [2.24, 2.45) is 5.11 Å². The smallest absolute Gasteiger partial charge is 0.308 e. The molecule has 0 aliphatic heterocycles. The number of ether oxygens (including phenoxy) is 1. The van der Waals surface area contributed by atoms with Gasteiger partial charge in [0.15, 0.2) is 0 Å². The van der Waals surface area contributed by atoms with Gasteiger partial charge in [0, 0.05) is 4.91 Å². The third-order valence-corrected chi connectivity index (χ3v) is 0.986. The van der Waals surface area contributed by atoms with Gasteiger partial charge in [-0.15, -0.1) is 0 Å². The molecule has 62 valence electrons. The van der Waals surface area contributed by atoms with Crippen LogP contribution in [0.15, 0.2) is 5.11 Å². The van der Waals surface area contributed by atoms with E-state index in [1.807, 2.05) is 0 Å². The number of aliphatic hydroxyl groups is 1. The largest absolute Gasteiger partial charge is 0.469 e. The molecule has 0 saturated carbocycles. The molecule has 1 atom stereocenters. The Morgan fingerprint density at radius 3 is 3.00 bits per heavy atom. The molecule has 0 saturated heterocycles. The van der Waals surface area contributed by atoms with E-state index in [4.69, 9.17) is 10.6 Å². The molecule has 0 aliphatic carbocycles. The minimum atomic E-state index is -0.946. The predicted molar refractivity (Wildman–Crippen MR) is 36.7 cm³/mol. The minimum absolute atomic E-state index is 0.106. The van der Waals surface area contributed by atoms with Gasteiger partial charge in [-0.05, 0) is 5.53 Å². The molecular formula is C5H9N3O3. The third-order valence-electron chi connectivity index (χ3n) is 0.986. The zero-order valence-electron chi connectivity index (χ0n) is 6.10. The van der Waals surface area contributed by atoms with Crippen molar-refractivity contribution in [3.8, 4) is 0 Å². The summed E-state index contributed by atoms with van der Waals surface area (Å²) in [5.74, 6) is -0.523. The van der Waals surface area contributed by atoms with E-state index in [2.05, 4.69) is 14.8 Å². The number of aliphatic hydroxyl groups excluding tert-OH is 1. The number of esters is 1. The molecule has 1 N–H and O–H groups in total. The van der Waals surface area contributed by atoms with Gasteiger partial charge in [0.05, 0.1) is 26.2 Å². The molecule has 6 heteroatoms. The van der Waals surface area contributed by atoms with Crippen molar-refractivity contribution in [2.45, 2.75) is 12.5 Å². The molecule has 0 bridgehead atoms. The molecule has 0 heterocycles. The zero-order valence-corrected chi connectivity index (χ0v) is 6.10. The Hall–Kier alpha value is -1.26. The number of rotatable bonds is 4. The molecule has 6 nitrogen and oxygen atoms in total. The van der Waals surface area contributed by atoms with Crippen LogP contribution in [0.5, 0.6) is 0 Å².